The standard InChI is InChI=1S/C8H11NO4/c1-2-3-7(11)9-6(4-5-10)8(12)13/h6,10H,4-5H2,1H3,(H,9,11)(H,12,13)/t6-/m1/s1. The fourth-order valence-electron chi connectivity index (χ4n) is 0.694. The molecule has 0 aromatic carbocycles. The average Bonchev–Trinajstić information content (AvgIpc) is 2.04. The molecule has 0 saturated carbocycles. The molecule has 13 heavy (non-hydrogen) atoms. The molecule has 0 bridgehead atoms. The van der Waals surface area contributed by atoms with Crippen LogP contribution in [0.4, 0.5) is 0 Å². The Kier molecular flexibility index (Phi) is 5.32. The van der Waals surface area contributed by atoms with Crippen LogP contribution < -0.4 is 5.32 Å². The zero-order valence-electron chi connectivity index (χ0n) is 7.20. The predicted octanol–water partition coefficient (Wildman–Crippen LogP) is -1.04. The maximum Gasteiger partial charge on any atom is 0.326 e. The Morgan fingerprint density at radius 2 is 2.15 bits per heavy atom. The molecular weight excluding hydrogens is 174 g/mol. The molecule has 1 atom stereocenters. The van der Waals surface area contributed by atoms with Gasteiger partial charge in [0.1, 0.15) is 6.04 Å². The van der Waals surface area contributed by atoms with Crippen LogP contribution in [0.15, 0.2) is 0 Å². The van der Waals surface area contributed by atoms with Gasteiger partial charge in [-0.2, -0.15) is 0 Å². The SMILES string of the molecule is CC#CC(=O)N[C@H](CCO)C(=O)O. The summed E-state index contributed by atoms with van der Waals surface area (Å²) in [5, 5.41) is 19.2. The highest BCUT2D eigenvalue weighted by Gasteiger charge is 2.17. The minimum absolute atomic E-state index is 0.0214. The lowest BCUT2D eigenvalue weighted by atomic mass is 10.2. The van der Waals surface area contributed by atoms with Crippen molar-refractivity contribution in [2.75, 3.05) is 6.61 Å². The predicted molar refractivity (Wildman–Crippen MR) is 44.7 cm³/mol. The minimum atomic E-state index is -1.18. The third kappa shape index (κ3) is 4.82. The largest absolute Gasteiger partial charge is 0.480 e. The van der Waals surface area contributed by atoms with Crippen molar-refractivity contribution < 1.29 is 19.8 Å². The number of hydrogen-bond acceptors (Lipinski definition) is 3. The van der Waals surface area contributed by atoms with Crippen molar-refractivity contribution in [3.63, 3.8) is 0 Å². The van der Waals surface area contributed by atoms with Crippen LogP contribution in [-0.4, -0.2) is 34.7 Å². The van der Waals surface area contributed by atoms with Crippen LogP contribution >= 0.6 is 0 Å². The molecule has 1 amide bonds. The van der Waals surface area contributed by atoms with Gasteiger partial charge in [0.05, 0.1) is 0 Å². The first kappa shape index (κ1) is 11.5. The quantitative estimate of drug-likeness (QED) is 0.488. The van der Waals surface area contributed by atoms with E-state index >= 15 is 0 Å². The summed E-state index contributed by atoms with van der Waals surface area (Å²) in [6, 6.07) is -1.07. The molecular formula is C8H11NO4. The summed E-state index contributed by atoms with van der Waals surface area (Å²) < 4.78 is 0. The van der Waals surface area contributed by atoms with Gasteiger partial charge < -0.3 is 15.5 Å². The zero-order valence-corrected chi connectivity index (χ0v) is 7.20. The molecule has 0 aromatic rings. The summed E-state index contributed by atoms with van der Waals surface area (Å²) in [5.41, 5.74) is 0. The van der Waals surface area contributed by atoms with E-state index < -0.39 is 17.9 Å². The summed E-state index contributed by atoms with van der Waals surface area (Å²) in [5.74, 6) is 2.65. The molecule has 0 aliphatic heterocycles. The second kappa shape index (κ2) is 6.03. The van der Waals surface area contributed by atoms with E-state index in [-0.39, 0.29) is 13.0 Å². The number of aliphatic carboxylic acids is 1. The number of amides is 1. The first-order chi connectivity index (χ1) is 6.11. The molecule has 0 aromatic heterocycles. The van der Waals surface area contributed by atoms with Gasteiger partial charge in [-0.05, 0) is 12.8 Å². The minimum Gasteiger partial charge on any atom is -0.480 e. The van der Waals surface area contributed by atoms with E-state index in [0.717, 1.165) is 0 Å². The average molecular weight is 185 g/mol. The van der Waals surface area contributed by atoms with Crippen LogP contribution in [0.3, 0.4) is 0 Å². The Labute approximate surface area is 75.8 Å². The number of carbonyl (C=O) groups excluding carboxylic acids is 1. The van der Waals surface area contributed by atoms with Crippen LogP contribution in [0.1, 0.15) is 13.3 Å². The second-order valence-electron chi connectivity index (χ2n) is 2.25. The third-order valence-corrected chi connectivity index (χ3v) is 1.26. The summed E-state index contributed by atoms with van der Waals surface area (Å²) in [6.07, 6.45) is -0.0214. The van der Waals surface area contributed by atoms with Gasteiger partial charge in [0.2, 0.25) is 0 Å². The van der Waals surface area contributed by atoms with Crippen LogP contribution in [0, 0.1) is 11.8 Å². The summed E-state index contributed by atoms with van der Waals surface area (Å²) in [6.45, 7) is 1.18. The zero-order chi connectivity index (χ0) is 10.3. The third-order valence-electron chi connectivity index (χ3n) is 1.26. The van der Waals surface area contributed by atoms with Crippen molar-refractivity contribution in [2.45, 2.75) is 19.4 Å². The fourth-order valence-corrected chi connectivity index (χ4v) is 0.694. The van der Waals surface area contributed by atoms with E-state index in [1.165, 1.54) is 6.92 Å². The molecule has 0 unspecified atom stereocenters. The highest BCUT2D eigenvalue weighted by atomic mass is 16.4. The van der Waals surface area contributed by atoms with Crippen molar-refractivity contribution in [2.24, 2.45) is 0 Å². The number of carboxylic acid groups (broad SMARTS) is 1. The summed E-state index contributed by atoms with van der Waals surface area (Å²) >= 11 is 0. The lowest BCUT2D eigenvalue weighted by molar-refractivity contribution is -0.141. The van der Waals surface area contributed by atoms with Gasteiger partial charge in [-0.3, -0.25) is 4.79 Å². The van der Waals surface area contributed by atoms with Crippen molar-refractivity contribution in [3.05, 3.63) is 0 Å². The molecule has 5 nitrogen and oxygen atoms in total. The molecule has 0 fully saturated rings. The lowest BCUT2D eigenvalue weighted by Gasteiger charge is -2.09. The van der Waals surface area contributed by atoms with Crippen LogP contribution in [0.5, 0.6) is 0 Å². The van der Waals surface area contributed by atoms with E-state index in [1.54, 1.807) is 0 Å². The Hall–Kier alpha value is -1.54. The monoisotopic (exact) mass is 185 g/mol. The van der Waals surface area contributed by atoms with E-state index in [9.17, 15) is 9.59 Å². The molecule has 0 saturated heterocycles. The van der Waals surface area contributed by atoms with Crippen molar-refractivity contribution >= 4 is 11.9 Å². The van der Waals surface area contributed by atoms with E-state index in [1.807, 2.05) is 0 Å². The number of aliphatic hydroxyl groups excluding tert-OH is 1. The van der Waals surface area contributed by atoms with Gasteiger partial charge in [-0.1, -0.05) is 5.92 Å². The topological polar surface area (TPSA) is 86.6 Å². The molecule has 0 radical (unpaired) electrons. The highest BCUT2D eigenvalue weighted by Crippen LogP contribution is 1.90. The molecule has 0 heterocycles. The summed E-state index contributed by atoms with van der Waals surface area (Å²) in [4.78, 5) is 21.3. The lowest BCUT2D eigenvalue weighted by Crippen LogP contribution is -2.40. The van der Waals surface area contributed by atoms with E-state index in [2.05, 4.69) is 17.2 Å². The van der Waals surface area contributed by atoms with Gasteiger partial charge in [0, 0.05) is 13.0 Å². The summed E-state index contributed by atoms with van der Waals surface area (Å²) in [7, 11) is 0. The number of rotatable bonds is 4. The number of hydrogen-bond donors (Lipinski definition) is 3. The Morgan fingerprint density at radius 3 is 2.54 bits per heavy atom. The van der Waals surface area contributed by atoms with Crippen LogP contribution in [-0.2, 0) is 9.59 Å². The van der Waals surface area contributed by atoms with E-state index in [4.69, 9.17) is 10.2 Å². The maximum atomic E-state index is 10.8. The molecule has 0 aliphatic carbocycles. The van der Waals surface area contributed by atoms with Gasteiger partial charge >= 0.3 is 5.97 Å². The Balaban J connectivity index is 4.14. The van der Waals surface area contributed by atoms with E-state index in [0.29, 0.717) is 0 Å². The molecule has 72 valence electrons. The first-order valence-corrected chi connectivity index (χ1v) is 3.68. The van der Waals surface area contributed by atoms with Crippen LogP contribution in [0.25, 0.3) is 0 Å². The van der Waals surface area contributed by atoms with Gasteiger partial charge in [-0.15, -0.1) is 0 Å². The molecule has 0 rings (SSSR count). The van der Waals surface area contributed by atoms with Gasteiger partial charge in [0.25, 0.3) is 5.91 Å². The second-order valence-corrected chi connectivity index (χ2v) is 2.25. The number of carbonyl (C=O) groups is 2. The first-order valence-electron chi connectivity index (χ1n) is 3.68. The highest BCUT2D eigenvalue weighted by molar-refractivity contribution is 5.95. The molecule has 0 aliphatic rings. The number of nitrogens with one attached hydrogen (secondary N) is 1. The molecule has 0 spiro atoms. The van der Waals surface area contributed by atoms with Crippen LogP contribution in [0.2, 0.25) is 0 Å². The van der Waals surface area contributed by atoms with Crippen molar-refractivity contribution in [1.82, 2.24) is 5.32 Å². The van der Waals surface area contributed by atoms with Gasteiger partial charge in [-0.25, -0.2) is 4.79 Å². The number of aliphatic hydroxyl groups is 1. The smallest absolute Gasteiger partial charge is 0.326 e. The van der Waals surface area contributed by atoms with Crippen molar-refractivity contribution in [1.29, 1.82) is 0 Å². The fraction of sp³-hybridized carbons (Fsp3) is 0.500. The Bertz CT molecular complexity index is 251. The normalized spacial score (nSPS) is 10.9. The molecule has 3 N–H and O–H groups in total. The van der Waals surface area contributed by atoms with Gasteiger partial charge in [0.15, 0.2) is 0 Å². The maximum absolute atomic E-state index is 10.8. The molecule has 5 heteroatoms. The number of carboxylic acids is 1. The Morgan fingerprint density at radius 1 is 1.54 bits per heavy atom. The van der Waals surface area contributed by atoms with Crippen molar-refractivity contribution in [3.8, 4) is 11.8 Å².